The number of nitrogens with zero attached hydrogens (tertiary/aromatic N) is 3. The Labute approximate surface area is 146 Å². The molecule has 1 aromatic heterocycles. The maximum absolute atomic E-state index is 12.0. The van der Waals surface area contributed by atoms with Crippen molar-refractivity contribution in [1.29, 1.82) is 0 Å². The van der Waals surface area contributed by atoms with Gasteiger partial charge in [0, 0.05) is 45.4 Å². The van der Waals surface area contributed by atoms with Crippen molar-refractivity contribution in [3.63, 3.8) is 0 Å². The van der Waals surface area contributed by atoms with Crippen LogP contribution in [0.15, 0.2) is 0 Å². The summed E-state index contributed by atoms with van der Waals surface area (Å²) in [5, 5.41) is 15.3. The van der Waals surface area contributed by atoms with E-state index in [1.54, 1.807) is 4.90 Å². The van der Waals surface area contributed by atoms with Crippen molar-refractivity contribution in [2.75, 3.05) is 31.5 Å². The molecule has 2 heterocycles. The number of hydrogen-bond donors (Lipinski definition) is 2. The molecule has 2 N–H and O–H groups in total. The van der Waals surface area contributed by atoms with Crippen molar-refractivity contribution in [3.05, 3.63) is 5.01 Å². The van der Waals surface area contributed by atoms with E-state index in [1.807, 2.05) is 0 Å². The molecule has 130 valence electrons. The summed E-state index contributed by atoms with van der Waals surface area (Å²) < 4.78 is 0. The lowest BCUT2D eigenvalue weighted by Gasteiger charge is -2.27. The van der Waals surface area contributed by atoms with Crippen molar-refractivity contribution in [2.45, 2.75) is 33.1 Å². The second-order valence-electron chi connectivity index (χ2n) is 5.78. The number of carbonyl (C=O) groups excluding carboxylic acids is 2. The average Bonchev–Trinajstić information content (AvgIpc) is 2.92. The van der Waals surface area contributed by atoms with Crippen LogP contribution in [-0.4, -0.2) is 53.1 Å². The van der Waals surface area contributed by atoms with Crippen LogP contribution in [-0.2, 0) is 16.0 Å². The van der Waals surface area contributed by atoms with Gasteiger partial charge in [-0.15, -0.1) is 22.6 Å². The topological polar surface area (TPSA) is 87.2 Å². The highest BCUT2D eigenvalue weighted by Gasteiger charge is 2.17. The van der Waals surface area contributed by atoms with E-state index in [4.69, 9.17) is 0 Å². The molecule has 0 radical (unpaired) electrons. The van der Waals surface area contributed by atoms with Crippen LogP contribution in [0.4, 0.5) is 5.13 Å². The zero-order chi connectivity index (χ0) is 15.9. The number of aromatic nitrogens is 2. The van der Waals surface area contributed by atoms with Gasteiger partial charge in [-0.2, -0.15) is 0 Å². The minimum atomic E-state index is -0.185. The molecule has 0 unspecified atom stereocenters. The molecule has 1 saturated heterocycles. The molecule has 1 aromatic rings. The maximum atomic E-state index is 12.0. The monoisotopic (exact) mass is 361 g/mol. The Balaban J connectivity index is 0.00000264. The van der Waals surface area contributed by atoms with E-state index in [9.17, 15) is 9.59 Å². The summed E-state index contributed by atoms with van der Waals surface area (Å²) in [6.07, 6.45) is 1.28. The van der Waals surface area contributed by atoms with Crippen LogP contribution in [0.1, 0.15) is 31.7 Å². The van der Waals surface area contributed by atoms with Gasteiger partial charge in [-0.3, -0.25) is 9.59 Å². The average molecular weight is 362 g/mol. The SMILES string of the molecule is CC(C)Cc1nnc(NC(=O)CCC(=O)N2CCNCC2)s1.Cl. The van der Waals surface area contributed by atoms with Gasteiger partial charge in [0.2, 0.25) is 16.9 Å². The summed E-state index contributed by atoms with van der Waals surface area (Å²) in [6, 6.07) is 0. The van der Waals surface area contributed by atoms with Gasteiger partial charge >= 0.3 is 0 Å². The van der Waals surface area contributed by atoms with E-state index in [-0.39, 0.29) is 37.1 Å². The Morgan fingerprint density at radius 2 is 1.96 bits per heavy atom. The van der Waals surface area contributed by atoms with E-state index in [1.165, 1.54) is 11.3 Å². The van der Waals surface area contributed by atoms with Gasteiger partial charge in [0.15, 0.2) is 0 Å². The molecule has 0 aromatic carbocycles. The van der Waals surface area contributed by atoms with Crippen LogP contribution in [0.3, 0.4) is 0 Å². The normalized spacial score (nSPS) is 14.5. The minimum Gasteiger partial charge on any atom is -0.340 e. The largest absolute Gasteiger partial charge is 0.340 e. The zero-order valence-electron chi connectivity index (χ0n) is 13.5. The number of piperazine rings is 1. The quantitative estimate of drug-likeness (QED) is 0.797. The number of anilines is 1. The van der Waals surface area contributed by atoms with Crippen LogP contribution < -0.4 is 10.6 Å². The number of amides is 2. The Bertz CT molecular complexity index is 517. The van der Waals surface area contributed by atoms with Crippen molar-refractivity contribution in [2.24, 2.45) is 5.92 Å². The van der Waals surface area contributed by atoms with Gasteiger partial charge < -0.3 is 15.5 Å². The van der Waals surface area contributed by atoms with Crippen molar-refractivity contribution < 1.29 is 9.59 Å². The maximum Gasteiger partial charge on any atom is 0.226 e. The summed E-state index contributed by atoms with van der Waals surface area (Å²) in [7, 11) is 0. The van der Waals surface area contributed by atoms with Gasteiger partial charge in [0.1, 0.15) is 5.01 Å². The van der Waals surface area contributed by atoms with Crippen LogP contribution in [0.5, 0.6) is 0 Å². The second kappa shape index (κ2) is 9.79. The molecule has 0 saturated carbocycles. The Hall–Kier alpha value is -1.25. The predicted octanol–water partition coefficient (Wildman–Crippen LogP) is 1.31. The highest BCUT2D eigenvalue weighted by molar-refractivity contribution is 7.15. The summed E-state index contributed by atoms with van der Waals surface area (Å²) in [6.45, 7) is 7.30. The number of hydrogen-bond acceptors (Lipinski definition) is 6. The Morgan fingerprint density at radius 1 is 1.26 bits per heavy atom. The summed E-state index contributed by atoms with van der Waals surface area (Å²) in [5.41, 5.74) is 0. The molecule has 0 spiro atoms. The Morgan fingerprint density at radius 3 is 2.61 bits per heavy atom. The molecule has 1 fully saturated rings. The number of halogens is 1. The van der Waals surface area contributed by atoms with E-state index >= 15 is 0 Å². The van der Waals surface area contributed by atoms with Gasteiger partial charge in [0.25, 0.3) is 0 Å². The molecule has 2 amide bonds. The first-order valence-electron chi connectivity index (χ1n) is 7.65. The number of rotatable bonds is 6. The first-order valence-corrected chi connectivity index (χ1v) is 8.47. The van der Waals surface area contributed by atoms with Crippen LogP contribution in [0.2, 0.25) is 0 Å². The fourth-order valence-electron chi connectivity index (χ4n) is 2.21. The third-order valence-electron chi connectivity index (χ3n) is 3.33. The molecule has 1 aliphatic heterocycles. The standard InChI is InChI=1S/C14H23N5O2S.ClH/c1-10(2)9-12-17-18-14(22-12)16-11(20)3-4-13(21)19-7-5-15-6-8-19;/h10,15H,3-9H2,1-2H3,(H,16,18,20);1H. The molecule has 2 rings (SSSR count). The lowest BCUT2D eigenvalue weighted by Crippen LogP contribution is -2.46. The van der Waals surface area contributed by atoms with Crippen molar-refractivity contribution in [3.8, 4) is 0 Å². The minimum absolute atomic E-state index is 0. The highest BCUT2D eigenvalue weighted by atomic mass is 35.5. The molecule has 23 heavy (non-hydrogen) atoms. The fraction of sp³-hybridized carbons (Fsp3) is 0.714. The van der Waals surface area contributed by atoms with E-state index < -0.39 is 0 Å². The molecular formula is C14H24ClN5O2S. The van der Waals surface area contributed by atoms with E-state index in [0.29, 0.717) is 11.0 Å². The highest BCUT2D eigenvalue weighted by Crippen LogP contribution is 2.18. The van der Waals surface area contributed by atoms with Gasteiger partial charge in [-0.1, -0.05) is 25.2 Å². The molecular weight excluding hydrogens is 338 g/mol. The van der Waals surface area contributed by atoms with Crippen molar-refractivity contribution >= 4 is 40.7 Å². The molecule has 9 heteroatoms. The van der Waals surface area contributed by atoms with Crippen molar-refractivity contribution in [1.82, 2.24) is 20.4 Å². The van der Waals surface area contributed by atoms with Crippen LogP contribution in [0, 0.1) is 5.92 Å². The third-order valence-corrected chi connectivity index (χ3v) is 4.19. The van der Waals surface area contributed by atoms with Gasteiger partial charge in [-0.25, -0.2) is 0 Å². The third kappa shape index (κ3) is 6.80. The number of carbonyl (C=O) groups is 2. The molecule has 0 aliphatic carbocycles. The Kier molecular flexibility index (Phi) is 8.43. The van der Waals surface area contributed by atoms with E-state index in [0.717, 1.165) is 37.6 Å². The summed E-state index contributed by atoms with van der Waals surface area (Å²) in [5.74, 6) is 0.360. The van der Waals surface area contributed by atoms with Gasteiger partial charge in [0.05, 0.1) is 0 Å². The predicted molar refractivity (Wildman–Crippen MR) is 93.0 cm³/mol. The first-order chi connectivity index (χ1) is 10.5. The molecule has 1 aliphatic rings. The number of nitrogens with one attached hydrogen (secondary N) is 2. The smallest absolute Gasteiger partial charge is 0.226 e. The van der Waals surface area contributed by atoms with Crippen LogP contribution in [0.25, 0.3) is 0 Å². The van der Waals surface area contributed by atoms with E-state index in [2.05, 4.69) is 34.7 Å². The summed E-state index contributed by atoms with van der Waals surface area (Å²) in [4.78, 5) is 25.7. The lowest BCUT2D eigenvalue weighted by atomic mass is 10.1. The lowest BCUT2D eigenvalue weighted by molar-refractivity contribution is -0.133. The zero-order valence-corrected chi connectivity index (χ0v) is 15.1. The molecule has 7 nitrogen and oxygen atoms in total. The summed E-state index contributed by atoms with van der Waals surface area (Å²) >= 11 is 1.39. The molecule has 0 atom stereocenters. The second-order valence-corrected chi connectivity index (χ2v) is 6.84. The molecule has 0 bridgehead atoms. The first kappa shape index (κ1) is 19.8. The van der Waals surface area contributed by atoms with Gasteiger partial charge in [-0.05, 0) is 5.92 Å². The van der Waals surface area contributed by atoms with Crippen LogP contribution >= 0.6 is 23.7 Å². The fourth-order valence-corrected chi connectivity index (χ4v) is 3.18.